The Balaban J connectivity index is 3.75. The van der Waals surface area contributed by atoms with Crippen LogP contribution in [0.25, 0.3) is 0 Å². The first kappa shape index (κ1) is 28.7. The number of aliphatic hydroxyl groups excluding tert-OH is 5. The van der Waals surface area contributed by atoms with Crippen LogP contribution in [0.15, 0.2) is 0 Å². The van der Waals surface area contributed by atoms with E-state index < -0.39 is 62.8 Å². The minimum Gasteiger partial charge on any atom is -0.394 e. The number of aliphatic hydroxyl groups is 5. The highest BCUT2D eigenvalue weighted by molar-refractivity contribution is 14.1. The number of amides is 3. The SMILES string of the molecule is CN(C(=O)CO)c1c(I)c(C(=O)NC(CO)CO)c(I)c(C(=O)NC(CO)CO)c1I. The van der Waals surface area contributed by atoms with Crippen molar-refractivity contribution in [1.82, 2.24) is 10.6 Å². The molecular formula is C17H22I3N3O8. The molecule has 31 heavy (non-hydrogen) atoms. The summed E-state index contributed by atoms with van der Waals surface area (Å²) in [5.74, 6) is -2.07. The first-order valence-electron chi connectivity index (χ1n) is 8.72. The van der Waals surface area contributed by atoms with Gasteiger partial charge in [-0.1, -0.05) is 0 Å². The van der Waals surface area contributed by atoms with Gasteiger partial charge >= 0.3 is 0 Å². The van der Waals surface area contributed by atoms with E-state index in [1.54, 1.807) is 22.6 Å². The van der Waals surface area contributed by atoms with Crippen molar-refractivity contribution < 1.29 is 39.9 Å². The van der Waals surface area contributed by atoms with E-state index in [0.29, 0.717) is 7.14 Å². The maximum absolute atomic E-state index is 12.9. The Morgan fingerprint density at radius 1 is 0.774 bits per heavy atom. The molecule has 3 amide bonds. The maximum Gasteiger partial charge on any atom is 0.253 e. The Kier molecular flexibility index (Phi) is 12.3. The number of hydrogen-bond acceptors (Lipinski definition) is 8. The molecule has 0 aromatic heterocycles. The zero-order valence-electron chi connectivity index (χ0n) is 16.2. The molecule has 0 atom stereocenters. The largest absolute Gasteiger partial charge is 0.394 e. The smallest absolute Gasteiger partial charge is 0.253 e. The number of benzene rings is 1. The molecule has 0 aliphatic carbocycles. The lowest BCUT2D eigenvalue weighted by Crippen LogP contribution is -2.43. The van der Waals surface area contributed by atoms with Gasteiger partial charge in [-0.15, -0.1) is 0 Å². The van der Waals surface area contributed by atoms with Gasteiger partial charge in [-0.05, 0) is 67.8 Å². The Labute approximate surface area is 219 Å². The summed E-state index contributed by atoms with van der Waals surface area (Å²) in [6.07, 6.45) is 0. The van der Waals surface area contributed by atoms with Gasteiger partial charge in [0.2, 0.25) is 0 Å². The highest BCUT2D eigenvalue weighted by Crippen LogP contribution is 2.37. The molecule has 1 aromatic rings. The number of nitrogens with zero attached hydrogens (tertiary/aromatic N) is 1. The van der Waals surface area contributed by atoms with Crippen molar-refractivity contribution in [3.63, 3.8) is 0 Å². The molecule has 0 saturated heterocycles. The number of halogens is 3. The van der Waals surface area contributed by atoms with E-state index in [-0.39, 0.29) is 20.4 Å². The van der Waals surface area contributed by atoms with Crippen LogP contribution in [0, 0.1) is 10.7 Å². The van der Waals surface area contributed by atoms with Crippen LogP contribution in [0.1, 0.15) is 20.7 Å². The van der Waals surface area contributed by atoms with Crippen molar-refractivity contribution in [1.29, 1.82) is 0 Å². The lowest BCUT2D eigenvalue weighted by atomic mass is 10.1. The molecule has 0 aliphatic rings. The fourth-order valence-electron chi connectivity index (χ4n) is 2.39. The summed E-state index contributed by atoms with van der Waals surface area (Å²) in [7, 11) is 1.38. The number of likely N-dealkylation sites (N-methyl/N-ethyl adjacent to an activating group) is 1. The second-order valence-corrected chi connectivity index (χ2v) is 9.46. The molecule has 14 heteroatoms. The van der Waals surface area contributed by atoms with Crippen LogP contribution in [0.3, 0.4) is 0 Å². The Morgan fingerprint density at radius 3 is 1.42 bits per heavy atom. The molecule has 1 rings (SSSR count). The summed E-state index contributed by atoms with van der Waals surface area (Å²) in [5, 5.41) is 51.3. The second kappa shape index (κ2) is 13.4. The van der Waals surface area contributed by atoms with Crippen molar-refractivity contribution in [2.45, 2.75) is 12.1 Å². The minimum absolute atomic E-state index is 0.0239. The third-order valence-corrected chi connectivity index (χ3v) is 7.32. The van der Waals surface area contributed by atoms with E-state index in [4.69, 9.17) is 0 Å². The van der Waals surface area contributed by atoms with Crippen LogP contribution in [0.2, 0.25) is 0 Å². The molecule has 0 radical (unpaired) electrons. The Hall–Kier alpha value is -0.380. The average molecular weight is 777 g/mol. The lowest BCUT2D eigenvalue weighted by molar-refractivity contribution is -0.121. The van der Waals surface area contributed by atoms with Crippen molar-refractivity contribution in [2.24, 2.45) is 0 Å². The maximum atomic E-state index is 12.9. The van der Waals surface area contributed by atoms with Crippen molar-refractivity contribution in [2.75, 3.05) is 45.0 Å². The van der Waals surface area contributed by atoms with Crippen LogP contribution in [-0.2, 0) is 4.79 Å². The predicted octanol–water partition coefficient (Wildman–Crippen LogP) is -1.38. The highest BCUT2D eigenvalue weighted by atomic mass is 127. The monoisotopic (exact) mass is 777 g/mol. The number of carbonyl (C=O) groups is 3. The number of hydrogen-bond donors (Lipinski definition) is 7. The van der Waals surface area contributed by atoms with Gasteiger partial charge in [0, 0.05) is 10.6 Å². The molecular weight excluding hydrogens is 755 g/mol. The fraction of sp³-hybridized carbons (Fsp3) is 0.471. The summed E-state index contributed by atoms with van der Waals surface area (Å²) >= 11 is 5.48. The standard InChI is InChI=1S/C17H22I3N3O8/c1-23(9(29)6-28)15-13(19)10(16(30)21-7(2-24)3-25)12(18)11(14(15)20)17(31)22-8(4-26)5-27/h7-8,24-28H,2-6H2,1H3,(H,21,30)(H,22,31). The number of nitrogens with one attached hydrogen (secondary N) is 2. The van der Waals surface area contributed by atoms with Crippen LogP contribution >= 0.6 is 67.8 Å². The molecule has 0 unspecified atom stereocenters. The zero-order chi connectivity index (χ0) is 23.9. The molecule has 7 N–H and O–H groups in total. The quantitative estimate of drug-likeness (QED) is 0.142. The Morgan fingerprint density at radius 2 is 1.13 bits per heavy atom. The molecule has 1 aromatic carbocycles. The van der Waals surface area contributed by atoms with Crippen molar-refractivity contribution in [3.8, 4) is 0 Å². The predicted molar refractivity (Wildman–Crippen MR) is 136 cm³/mol. The third kappa shape index (κ3) is 6.81. The average Bonchev–Trinajstić information content (AvgIpc) is 2.74. The third-order valence-electron chi connectivity index (χ3n) is 4.14. The van der Waals surface area contributed by atoms with Crippen LogP contribution in [0.4, 0.5) is 5.69 Å². The normalized spacial score (nSPS) is 11.1. The van der Waals surface area contributed by atoms with Gasteiger partial charge in [0.25, 0.3) is 17.7 Å². The van der Waals surface area contributed by atoms with Gasteiger partial charge in [-0.3, -0.25) is 14.4 Å². The molecule has 0 aliphatic heterocycles. The first-order valence-corrected chi connectivity index (χ1v) is 12.0. The summed E-state index contributed by atoms with van der Waals surface area (Å²) in [4.78, 5) is 39.1. The molecule has 0 spiro atoms. The minimum atomic E-state index is -0.941. The van der Waals surface area contributed by atoms with E-state index in [0.717, 1.165) is 4.90 Å². The molecule has 0 saturated carbocycles. The topological polar surface area (TPSA) is 180 Å². The highest BCUT2D eigenvalue weighted by Gasteiger charge is 2.31. The lowest BCUT2D eigenvalue weighted by Gasteiger charge is -2.25. The molecule has 11 nitrogen and oxygen atoms in total. The number of rotatable bonds is 10. The molecule has 0 fully saturated rings. The van der Waals surface area contributed by atoms with Gasteiger partial charge in [0.15, 0.2) is 0 Å². The van der Waals surface area contributed by atoms with Crippen molar-refractivity contribution >= 4 is 91.2 Å². The van der Waals surface area contributed by atoms with Gasteiger partial charge in [-0.25, -0.2) is 0 Å². The van der Waals surface area contributed by atoms with E-state index in [1.807, 2.05) is 45.2 Å². The zero-order valence-corrected chi connectivity index (χ0v) is 22.7. The van der Waals surface area contributed by atoms with Crippen LogP contribution < -0.4 is 15.5 Å². The van der Waals surface area contributed by atoms with Gasteiger partial charge in [0.1, 0.15) is 6.61 Å². The summed E-state index contributed by atoms with van der Waals surface area (Å²) in [5.41, 5.74) is 0.247. The van der Waals surface area contributed by atoms with Crippen LogP contribution in [-0.4, -0.2) is 95.4 Å². The number of carbonyl (C=O) groups excluding carboxylic acids is 3. The van der Waals surface area contributed by atoms with Crippen LogP contribution in [0.5, 0.6) is 0 Å². The van der Waals surface area contributed by atoms with E-state index in [9.17, 15) is 39.9 Å². The summed E-state index contributed by atoms with van der Waals surface area (Å²) in [6.45, 7) is -2.86. The summed E-state index contributed by atoms with van der Waals surface area (Å²) < 4.78 is 0.833. The number of anilines is 1. The van der Waals surface area contributed by atoms with E-state index in [1.165, 1.54) is 7.05 Å². The van der Waals surface area contributed by atoms with E-state index in [2.05, 4.69) is 10.6 Å². The molecule has 0 heterocycles. The summed E-state index contributed by atoms with van der Waals surface area (Å²) in [6, 6.07) is -1.88. The second-order valence-electron chi connectivity index (χ2n) is 6.22. The van der Waals surface area contributed by atoms with Gasteiger partial charge in [-0.2, -0.15) is 0 Å². The fourth-order valence-corrected chi connectivity index (χ4v) is 7.26. The Bertz CT molecular complexity index is 778. The van der Waals surface area contributed by atoms with E-state index >= 15 is 0 Å². The van der Waals surface area contributed by atoms with Gasteiger partial charge < -0.3 is 41.1 Å². The first-order chi connectivity index (χ1) is 14.6. The van der Waals surface area contributed by atoms with Crippen molar-refractivity contribution in [3.05, 3.63) is 21.8 Å². The molecule has 0 bridgehead atoms. The molecule has 174 valence electrons. The van der Waals surface area contributed by atoms with Gasteiger partial charge in [0.05, 0.1) is 62.5 Å².